The SMILES string of the molecule is CCC(=N)C/C(C(N)=O)=C(\CC)N=C(C)C. The molecule has 4 heteroatoms. The van der Waals surface area contributed by atoms with Crippen LogP contribution in [0.15, 0.2) is 16.3 Å². The molecule has 0 rings (SSSR count). The maximum atomic E-state index is 11.3. The Balaban J connectivity index is 5.26. The molecule has 0 atom stereocenters. The van der Waals surface area contributed by atoms with Crippen LogP contribution < -0.4 is 5.73 Å². The number of allylic oxidation sites excluding steroid dienone is 1. The van der Waals surface area contributed by atoms with Gasteiger partial charge in [0.1, 0.15) is 0 Å². The Hall–Kier alpha value is -1.45. The largest absolute Gasteiger partial charge is 0.366 e. The minimum atomic E-state index is -0.472. The number of nitrogens with one attached hydrogen (secondary N) is 1. The van der Waals surface area contributed by atoms with E-state index in [9.17, 15) is 4.79 Å². The highest BCUT2D eigenvalue weighted by Crippen LogP contribution is 2.15. The fraction of sp³-hybridized carbons (Fsp3) is 0.583. The van der Waals surface area contributed by atoms with Crippen molar-refractivity contribution in [2.24, 2.45) is 10.7 Å². The molecule has 0 aromatic rings. The van der Waals surface area contributed by atoms with Gasteiger partial charge in [-0.15, -0.1) is 0 Å². The molecule has 0 aliphatic rings. The zero-order chi connectivity index (χ0) is 12.7. The van der Waals surface area contributed by atoms with Crippen LogP contribution in [-0.2, 0) is 4.79 Å². The highest BCUT2D eigenvalue weighted by molar-refractivity contribution is 5.99. The molecule has 4 nitrogen and oxygen atoms in total. The maximum Gasteiger partial charge on any atom is 0.246 e. The van der Waals surface area contributed by atoms with Crippen molar-refractivity contribution in [3.63, 3.8) is 0 Å². The third-order valence-electron chi connectivity index (χ3n) is 2.16. The van der Waals surface area contributed by atoms with Crippen LogP contribution in [0.25, 0.3) is 0 Å². The van der Waals surface area contributed by atoms with E-state index in [1.807, 2.05) is 27.7 Å². The number of hydrogen-bond acceptors (Lipinski definition) is 3. The molecule has 1 amide bonds. The summed E-state index contributed by atoms with van der Waals surface area (Å²) in [6, 6.07) is 0. The molecule has 0 aromatic heterocycles. The molecule has 0 fully saturated rings. The van der Waals surface area contributed by atoms with E-state index in [2.05, 4.69) is 4.99 Å². The van der Waals surface area contributed by atoms with Crippen molar-refractivity contribution in [2.45, 2.75) is 47.0 Å². The van der Waals surface area contributed by atoms with E-state index in [1.54, 1.807) is 0 Å². The second-order valence-electron chi connectivity index (χ2n) is 3.84. The average Bonchev–Trinajstić information content (AvgIpc) is 2.21. The number of carbonyl (C=O) groups is 1. The van der Waals surface area contributed by atoms with Crippen molar-refractivity contribution < 1.29 is 4.79 Å². The van der Waals surface area contributed by atoms with Gasteiger partial charge in [-0.1, -0.05) is 13.8 Å². The Bertz CT molecular complexity index is 336. The lowest BCUT2D eigenvalue weighted by atomic mass is 10.0. The van der Waals surface area contributed by atoms with Gasteiger partial charge in [0.05, 0.1) is 0 Å². The first-order valence-electron chi connectivity index (χ1n) is 5.52. The van der Waals surface area contributed by atoms with Crippen LogP contribution in [0, 0.1) is 5.41 Å². The Morgan fingerprint density at radius 3 is 2.12 bits per heavy atom. The molecule has 0 aromatic carbocycles. The van der Waals surface area contributed by atoms with Gasteiger partial charge in [-0.25, -0.2) is 0 Å². The molecule has 90 valence electrons. The molecule has 16 heavy (non-hydrogen) atoms. The number of hydrogen-bond donors (Lipinski definition) is 2. The van der Waals surface area contributed by atoms with Crippen LogP contribution in [0.5, 0.6) is 0 Å². The molecule has 0 aliphatic heterocycles. The monoisotopic (exact) mass is 223 g/mol. The lowest BCUT2D eigenvalue weighted by Crippen LogP contribution is -2.18. The standard InChI is InChI=1S/C12H21N3O/c1-5-9(13)7-10(12(14)16)11(6-2)15-8(3)4/h13H,5-7H2,1-4H3,(H2,14,16)/b11-10-,13-9?. The molecule has 0 radical (unpaired) electrons. The lowest BCUT2D eigenvalue weighted by molar-refractivity contribution is -0.114. The highest BCUT2D eigenvalue weighted by atomic mass is 16.1. The van der Waals surface area contributed by atoms with Crippen molar-refractivity contribution in [3.05, 3.63) is 11.3 Å². The number of nitrogens with zero attached hydrogens (tertiary/aromatic N) is 1. The predicted octanol–water partition coefficient (Wildman–Crippen LogP) is 2.44. The zero-order valence-electron chi connectivity index (χ0n) is 10.6. The van der Waals surface area contributed by atoms with Gasteiger partial charge in [0.25, 0.3) is 0 Å². The highest BCUT2D eigenvalue weighted by Gasteiger charge is 2.12. The zero-order valence-corrected chi connectivity index (χ0v) is 10.6. The topological polar surface area (TPSA) is 79.3 Å². The van der Waals surface area contributed by atoms with Crippen molar-refractivity contribution >= 4 is 17.3 Å². The summed E-state index contributed by atoms with van der Waals surface area (Å²) in [5.74, 6) is -0.472. The predicted molar refractivity (Wildman–Crippen MR) is 67.9 cm³/mol. The smallest absolute Gasteiger partial charge is 0.246 e. The van der Waals surface area contributed by atoms with E-state index < -0.39 is 5.91 Å². The summed E-state index contributed by atoms with van der Waals surface area (Å²) in [4.78, 5) is 15.6. The molecule has 0 aliphatic carbocycles. The van der Waals surface area contributed by atoms with Crippen LogP contribution in [0.3, 0.4) is 0 Å². The van der Waals surface area contributed by atoms with Crippen LogP contribution in [0.1, 0.15) is 47.0 Å². The first-order valence-corrected chi connectivity index (χ1v) is 5.52. The minimum Gasteiger partial charge on any atom is -0.366 e. The summed E-state index contributed by atoms with van der Waals surface area (Å²) >= 11 is 0. The first-order chi connectivity index (χ1) is 7.42. The summed E-state index contributed by atoms with van der Waals surface area (Å²) < 4.78 is 0. The molecular weight excluding hydrogens is 202 g/mol. The van der Waals surface area contributed by atoms with Crippen LogP contribution in [0.2, 0.25) is 0 Å². The summed E-state index contributed by atoms with van der Waals surface area (Å²) in [7, 11) is 0. The van der Waals surface area contributed by atoms with Gasteiger partial charge >= 0.3 is 0 Å². The van der Waals surface area contributed by atoms with E-state index >= 15 is 0 Å². The quantitative estimate of drug-likeness (QED) is 0.526. The molecule has 0 unspecified atom stereocenters. The maximum absolute atomic E-state index is 11.3. The summed E-state index contributed by atoms with van der Waals surface area (Å²) in [6.07, 6.45) is 1.59. The van der Waals surface area contributed by atoms with E-state index in [0.29, 0.717) is 36.2 Å². The lowest BCUT2D eigenvalue weighted by Gasteiger charge is -2.08. The number of carbonyl (C=O) groups excluding carboxylic acids is 1. The molecular formula is C12H21N3O. The number of aliphatic imine (C=N–C) groups is 1. The van der Waals surface area contributed by atoms with Crippen LogP contribution in [0.4, 0.5) is 0 Å². The normalized spacial score (nSPS) is 11.8. The van der Waals surface area contributed by atoms with Gasteiger partial charge < -0.3 is 11.1 Å². The Morgan fingerprint density at radius 2 is 1.81 bits per heavy atom. The van der Waals surface area contributed by atoms with Crippen molar-refractivity contribution in [2.75, 3.05) is 0 Å². The number of rotatable bonds is 6. The van der Waals surface area contributed by atoms with Gasteiger partial charge in [-0.05, 0) is 26.7 Å². The van der Waals surface area contributed by atoms with E-state index in [0.717, 1.165) is 5.71 Å². The molecule has 0 heterocycles. The molecule has 0 saturated heterocycles. The Kier molecular flexibility index (Phi) is 6.30. The summed E-state index contributed by atoms with van der Waals surface area (Å²) in [5, 5.41) is 7.62. The number of primary amides is 1. The van der Waals surface area contributed by atoms with E-state index in [-0.39, 0.29) is 0 Å². The number of nitrogens with two attached hydrogens (primary N) is 1. The fourth-order valence-corrected chi connectivity index (χ4v) is 1.30. The van der Waals surface area contributed by atoms with Gasteiger partial charge in [-0.3, -0.25) is 9.79 Å². The van der Waals surface area contributed by atoms with Gasteiger partial charge in [0.2, 0.25) is 5.91 Å². The third kappa shape index (κ3) is 4.87. The minimum absolute atomic E-state index is 0.311. The third-order valence-corrected chi connectivity index (χ3v) is 2.16. The molecule has 0 bridgehead atoms. The van der Waals surface area contributed by atoms with Crippen molar-refractivity contribution in [1.82, 2.24) is 0 Å². The Labute approximate surface area is 97.1 Å². The van der Waals surface area contributed by atoms with Crippen LogP contribution >= 0.6 is 0 Å². The fourth-order valence-electron chi connectivity index (χ4n) is 1.30. The number of amides is 1. The second-order valence-corrected chi connectivity index (χ2v) is 3.84. The van der Waals surface area contributed by atoms with E-state index in [1.165, 1.54) is 0 Å². The molecule has 0 saturated carbocycles. The summed E-state index contributed by atoms with van der Waals surface area (Å²) in [5.41, 5.74) is 7.89. The second kappa shape index (κ2) is 6.93. The molecule has 0 spiro atoms. The van der Waals surface area contributed by atoms with Gasteiger partial charge in [0, 0.05) is 29.1 Å². The Morgan fingerprint density at radius 1 is 1.25 bits per heavy atom. The van der Waals surface area contributed by atoms with Crippen molar-refractivity contribution in [3.8, 4) is 0 Å². The van der Waals surface area contributed by atoms with Crippen LogP contribution in [-0.4, -0.2) is 17.3 Å². The van der Waals surface area contributed by atoms with E-state index in [4.69, 9.17) is 11.1 Å². The van der Waals surface area contributed by atoms with Gasteiger partial charge in [0.15, 0.2) is 0 Å². The van der Waals surface area contributed by atoms with Gasteiger partial charge in [-0.2, -0.15) is 0 Å². The summed E-state index contributed by atoms with van der Waals surface area (Å²) in [6.45, 7) is 7.57. The first kappa shape index (κ1) is 14.6. The average molecular weight is 223 g/mol. The molecule has 3 N–H and O–H groups in total. The van der Waals surface area contributed by atoms with Crippen molar-refractivity contribution in [1.29, 1.82) is 5.41 Å².